The van der Waals surface area contributed by atoms with Crippen molar-refractivity contribution < 1.29 is 22.7 Å². The fourth-order valence-corrected chi connectivity index (χ4v) is 2.59. The minimum atomic E-state index is -4.45. The number of aromatic nitrogens is 2. The van der Waals surface area contributed by atoms with E-state index in [1.165, 1.54) is 30.7 Å². The summed E-state index contributed by atoms with van der Waals surface area (Å²) in [5, 5.41) is 2.57. The topological polar surface area (TPSA) is 67.3 Å². The zero-order chi connectivity index (χ0) is 22.4. The second kappa shape index (κ2) is 9.29. The van der Waals surface area contributed by atoms with E-state index in [4.69, 9.17) is 4.74 Å². The smallest absolute Gasteiger partial charge is 0.416 e. The van der Waals surface area contributed by atoms with E-state index in [1.807, 2.05) is 31.1 Å². The molecule has 0 atom stereocenters. The summed E-state index contributed by atoms with van der Waals surface area (Å²) in [5.74, 6) is 0.0748. The average Bonchev–Trinajstić information content (AvgIpc) is 2.73. The van der Waals surface area contributed by atoms with Gasteiger partial charge >= 0.3 is 6.18 Å². The highest BCUT2D eigenvalue weighted by atomic mass is 19.4. The van der Waals surface area contributed by atoms with E-state index in [0.29, 0.717) is 5.75 Å². The van der Waals surface area contributed by atoms with Crippen molar-refractivity contribution in [1.82, 2.24) is 9.97 Å². The Balaban J connectivity index is 1.73. The van der Waals surface area contributed by atoms with Crippen molar-refractivity contribution in [3.05, 3.63) is 78.3 Å². The minimum Gasteiger partial charge on any atom is -0.437 e. The molecule has 1 heterocycles. The molecule has 31 heavy (non-hydrogen) atoms. The van der Waals surface area contributed by atoms with Crippen molar-refractivity contribution in [2.24, 2.45) is 0 Å². The highest BCUT2D eigenvalue weighted by Crippen LogP contribution is 2.30. The first-order valence-corrected chi connectivity index (χ1v) is 9.14. The largest absolute Gasteiger partial charge is 0.437 e. The Morgan fingerprint density at radius 2 is 1.90 bits per heavy atom. The van der Waals surface area contributed by atoms with E-state index in [2.05, 4.69) is 15.3 Å². The molecule has 1 amide bonds. The van der Waals surface area contributed by atoms with Gasteiger partial charge in [0.25, 0.3) is 0 Å². The van der Waals surface area contributed by atoms with Crippen molar-refractivity contribution in [3.8, 4) is 11.6 Å². The highest BCUT2D eigenvalue weighted by molar-refractivity contribution is 6.02. The third-order valence-corrected chi connectivity index (χ3v) is 4.12. The van der Waals surface area contributed by atoms with Crippen LogP contribution in [0.4, 0.5) is 24.5 Å². The van der Waals surface area contributed by atoms with Crippen molar-refractivity contribution in [3.63, 3.8) is 0 Å². The molecule has 0 spiro atoms. The number of hydrogen-bond acceptors (Lipinski definition) is 5. The van der Waals surface area contributed by atoms with Crippen LogP contribution in [0.2, 0.25) is 0 Å². The van der Waals surface area contributed by atoms with Crippen molar-refractivity contribution >= 4 is 23.4 Å². The van der Waals surface area contributed by atoms with Crippen LogP contribution in [-0.2, 0) is 11.0 Å². The number of alkyl halides is 3. The Kier molecular flexibility index (Phi) is 6.54. The zero-order valence-electron chi connectivity index (χ0n) is 16.7. The monoisotopic (exact) mass is 428 g/mol. The number of halogens is 3. The third kappa shape index (κ3) is 6.05. The first kappa shape index (κ1) is 21.8. The molecule has 0 fully saturated rings. The number of nitrogens with one attached hydrogen (secondary N) is 1. The Morgan fingerprint density at radius 1 is 1.13 bits per heavy atom. The van der Waals surface area contributed by atoms with Gasteiger partial charge in [-0.15, -0.1) is 0 Å². The highest BCUT2D eigenvalue weighted by Gasteiger charge is 2.30. The van der Waals surface area contributed by atoms with Crippen molar-refractivity contribution in [2.75, 3.05) is 24.3 Å². The van der Waals surface area contributed by atoms with E-state index in [0.717, 1.165) is 23.9 Å². The lowest BCUT2D eigenvalue weighted by Gasteiger charge is -2.14. The SMILES string of the molecule is CN(C)c1cccc(Oc2ncncc2NC(=O)C=Cc2cccc(C(F)(F)F)c2)c1. The zero-order valence-corrected chi connectivity index (χ0v) is 16.7. The molecular weight excluding hydrogens is 409 g/mol. The van der Waals surface area contributed by atoms with Gasteiger partial charge in [0.1, 0.15) is 17.8 Å². The first-order valence-electron chi connectivity index (χ1n) is 9.14. The van der Waals surface area contributed by atoms with Gasteiger partial charge in [-0.2, -0.15) is 18.2 Å². The van der Waals surface area contributed by atoms with E-state index in [-0.39, 0.29) is 17.1 Å². The second-order valence-corrected chi connectivity index (χ2v) is 6.68. The molecule has 0 bridgehead atoms. The summed E-state index contributed by atoms with van der Waals surface area (Å²) in [7, 11) is 3.79. The molecule has 0 saturated carbocycles. The number of anilines is 2. The van der Waals surface area contributed by atoms with Crippen LogP contribution in [0.15, 0.2) is 67.1 Å². The van der Waals surface area contributed by atoms with Crippen LogP contribution in [0.25, 0.3) is 6.08 Å². The Morgan fingerprint density at radius 3 is 2.65 bits per heavy atom. The van der Waals surface area contributed by atoms with Gasteiger partial charge in [-0.3, -0.25) is 4.79 Å². The number of carbonyl (C=O) groups is 1. The van der Waals surface area contributed by atoms with Crippen LogP contribution in [0.1, 0.15) is 11.1 Å². The summed E-state index contributed by atoms with van der Waals surface area (Å²) in [6.45, 7) is 0. The second-order valence-electron chi connectivity index (χ2n) is 6.68. The molecule has 3 rings (SSSR count). The predicted octanol–water partition coefficient (Wildman–Crippen LogP) is 5.01. The fourth-order valence-electron chi connectivity index (χ4n) is 2.59. The molecule has 0 radical (unpaired) electrons. The van der Waals surface area contributed by atoms with Crippen molar-refractivity contribution in [2.45, 2.75) is 6.18 Å². The maximum atomic E-state index is 12.8. The van der Waals surface area contributed by atoms with Crippen LogP contribution < -0.4 is 15.0 Å². The van der Waals surface area contributed by atoms with Gasteiger partial charge in [-0.25, -0.2) is 4.98 Å². The molecule has 1 aromatic heterocycles. The summed E-state index contributed by atoms with van der Waals surface area (Å²) in [6, 6.07) is 12.0. The molecule has 0 aliphatic heterocycles. The van der Waals surface area contributed by atoms with Gasteiger partial charge in [-0.1, -0.05) is 18.2 Å². The van der Waals surface area contributed by atoms with Crippen LogP contribution >= 0.6 is 0 Å². The summed E-state index contributed by atoms with van der Waals surface area (Å²) in [5.41, 5.74) is 0.589. The Labute approximate surface area is 177 Å². The van der Waals surface area contributed by atoms with Gasteiger partial charge in [-0.05, 0) is 35.9 Å². The maximum Gasteiger partial charge on any atom is 0.416 e. The molecule has 0 saturated heterocycles. The molecule has 9 heteroatoms. The maximum absolute atomic E-state index is 12.8. The molecule has 6 nitrogen and oxygen atoms in total. The van der Waals surface area contributed by atoms with E-state index in [1.54, 1.807) is 12.1 Å². The molecule has 160 valence electrons. The number of nitrogens with zero attached hydrogens (tertiary/aromatic N) is 3. The number of rotatable bonds is 6. The number of carbonyl (C=O) groups excluding carboxylic acids is 1. The summed E-state index contributed by atoms with van der Waals surface area (Å²) in [6.07, 6.45) is 0.603. The lowest BCUT2D eigenvalue weighted by molar-refractivity contribution is -0.137. The lowest BCUT2D eigenvalue weighted by Crippen LogP contribution is -2.10. The molecule has 1 N–H and O–H groups in total. The van der Waals surface area contributed by atoms with Gasteiger partial charge in [0.05, 0.1) is 11.8 Å². The van der Waals surface area contributed by atoms with Crippen LogP contribution in [-0.4, -0.2) is 30.0 Å². The summed E-state index contributed by atoms with van der Waals surface area (Å²) >= 11 is 0. The first-order chi connectivity index (χ1) is 14.7. The quantitative estimate of drug-likeness (QED) is 0.560. The van der Waals surface area contributed by atoms with Gasteiger partial charge < -0.3 is 15.0 Å². The fraction of sp³-hybridized carbons (Fsp3) is 0.136. The number of amides is 1. The summed E-state index contributed by atoms with van der Waals surface area (Å²) in [4.78, 5) is 22.1. The molecule has 2 aromatic carbocycles. The van der Waals surface area contributed by atoms with E-state index in [9.17, 15) is 18.0 Å². The minimum absolute atomic E-state index is 0.131. The van der Waals surface area contributed by atoms with E-state index >= 15 is 0 Å². The van der Waals surface area contributed by atoms with E-state index < -0.39 is 17.6 Å². The van der Waals surface area contributed by atoms with Crippen molar-refractivity contribution in [1.29, 1.82) is 0 Å². The summed E-state index contributed by atoms with van der Waals surface area (Å²) < 4.78 is 44.2. The van der Waals surface area contributed by atoms with Gasteiger partial charge in [0.2, 0.25) is 11.8 Å². The normalized spacial score (nSPS) is 11.4. The molecule has 0 unspecified atom stereocenters. The molecule has 0 aliphatic rings. The molecule has 3 aromatic rings. The van der Waals surface area contributed by atoms with Crippen LogP contribution in [0.3, 0.4) is 0 Å². The number of benzene rings is 2. The molecular formula is C22H19F3N4O2. The predicted molar refractivity (Wildman–Crippen MR) is 112 cm³/mol. The lowest BCUT2D eigenvalue weighted by atomic mass is 10.1. The standard InChI is InChI=1S/C22H19F3N4O2/c1-29(2)17-7-4-8-18(12-17)31-21-19(13-26-14-27-21)28-20(30)10-9-15-5-3-6-16(11-15)22(23,24)25/h3-14H,1-2H3,(H,28,30). The third-order valence-electron chi connectivity index (χ3n) is 4.12. The van der Waals surface area contributed by atoms with Gasteiger partial charge in [0, 0.05) is 31.9 Å². The Hall–Kier alpha value is -3.88. The number of ether oxygens (including phenoxy) is 1. The van der Waals surface area contributed by atoms with Crippen LogP contribution in [0.5, 0.6) is 11.6 Å². The number of hydrogen-bond donors (Lipinski definition) is 1. The molecule has 0 aliphatic carbocycles. The Bertz CT molecular complexity index is 1100. The van der Waals surface area contributed by atoms with Gasteiger partial charge in [0.15, 0.2) is 0 Å². The van der Waals surface area contributed by atoms with Crippen LogP contribution in [0, 0.1) is 0 Å². The average molecular weight is 428 g/mol.